The summed E-state index contributed by atoms with van der Waals surface area (Å²) in [5.74, 6) is 0.499. The molecular weight excluding hydrogens is 220 g/mol. The minimum absolute atomic E-state index is 0.0620. The van der Waals surface area contributed by atoms with Crippen molar-refractivity contribution in [3.8, 4) is 0 Å². The first kappa shape index (κ1) is 10.0. The van der Waals surface area contributed by atoms with E-state index in [1.165, 1.54) is 20.0 Å². The van der Waals surface area contributed by atoms with E-state index in [2.05, 4.69) is 20.7 Å². The second-order valence-corrected chi connectivity index (χ2v) is 4.69. The fourth-order valence-corrected chi connectivity index (χ4v) is 2.17. The molecule has 0 heterocycles. The number of alkyl halides is 1. The topological polar surface area (TPSA) is 26.3 Å². The lowest BCUT2D eigenvalue weighted by atomic mass is 9.87. The number of esters is 1. The zero-order valence-corrected chi connectivity index (χ0v) is 8.97. The molecule has 0 aromatic rings. The molecule has 0 unspecified atom stereocenters. The van der Waals surface area contributed by atoms with Gasteiger partial charge in [-0.1, -0.05) is 15.9 Å². The van der Waals surface area contributed by atoms with Crippen molar-refractivity contribution in [3.05, 3.63) is 0 Å². The smallest absolute Gasteiger partial charge is 0.305 e. The fraction of sp³-hybridized carbons (Fsp3) is 0.889. The quantitative estimate of drug-likeness (QED) is 0.543. The number of hydrogen-bond acceptors (Lipinski definition) is 2. The maximum atomic E-state index is 10.9. The first-order valence-electron chi connectivity index (χ1n) is 4.43. The third kappa shape index (κ3) is 3.13. The van der Waals surface area contributed by atoms with Gasteiger partial charge in [0.1, 0.15) is 0 Å². The largest absolute Gasteiger partial charge is 0.469 e. The molecule has 0 saturated heterocycles. The highest BCUT2D eigenvalue weighted by Gasteiger charge is 2.21. The van der Waals surface area contributed by atoms with Crippen LogP contribution >= 0.6 is 15.9 Å². The van der Waals surface area contributed by atoms with Gasteiger partial charge in [0.2, 0.25) is 0 Å². The molecule has 2 nitrogen and oxygen atoms in total. The summed E-state index contributed by atoms with van der Waals surface area (Å²) >= 11 is 3.58. The summed E-state index contributed by atoms with van der Waals surface area (Å²) in [6.45, 7) is 0. The number of rotatable bonds is 2. The summed E-state index contributed by atoms with van der Waals surface area (Å²) in [6, 6.07) is 0. The Hall–Kier alpha value is -0.0500. The van der Waals surface area contributed by atoms with Crippen LogP contribution in [0, 0.1) is 5.92 Å². The number of hydrogen-bond donors (Lipinski definition) is 0. The van der Waals surface area contributed by atoms with Gasteiger partial charge in [0.25, 0.3) is 0 Å². The van der Waals surface area contributed by atoms with Crippen molar-refractivity contribution >= 4 is 21.9 Å². The van der Waals surface area contributed by atoms with Crippen molar-refractivity contribution in [2.75, 3.05) is 7.11 Å². The van der Waals surface area contributed by atoms with E-state index in [1.807, 2.05) is 0 Å². The summed E-state index contributed by atoms with van der Waals surface area (Å²) in [6.07, 6.45) is 5.32. The number of methoxy groups -OCH3 is 1. The molecule has 0 aromatic carbocycles. The minimum atomic E-state index is -0.0620. The van der Waals surface area contributed by atoms with Gasteiger partial charge < -0.3 is 4.74 Å². The van der Waals surface area contributed by atoms with Crippen LogP contribution in [0.3, 0.4) is 0 Å². The van der Waals surface area contributed by atoms with Crippen molar-refractivity contribution in [2.45, 2.75) is 36.9 Å². The van der Waals surface area contributed by atoms with Crippen LogP contribution in [0.5, 0.6) is 0 Å². The minimum Gasteiger partial charge on any atom is -0.469 e. The van der Waals surface area contributed by atoms with Crippen molar-refractivity contribution in [3.63, 3.8) is 0 Å². The first-order valence-corrected chi connectivity index (χ1v) is 5.35. The zero-order valence-electron chi connectivity index (χ0n) is 7.38. The Morgan fingerprint density at radius 3 is 2.50 bits per heavy atom. The predicted octanol–water partition coefficient (Wildman–Crippen LogP) is 2.50. The molecule has 0 bridgehead atoms. The second-order valence-electron chi connectivity index (χ2n) is 3.40. The summed E-state index contributed by atoms with van der Waals surface area (Å²) < 4.78 is 4.63. The van der Waals surface area contributed by atoms with Gasteiger partial charge >= 0.3 is 5.97 Å². The Bertz CT molecular complexity index is 151. The number of ether oxygens (including phenoxy) is 1. The van der Waals surface area contributed by atoms with Gasteiger partial charge in [-0.3, -0.25) is 4.79 Å². The average Bonchev–Trinajstić information content (AvgIpc) is 2.09. The Morgan fingerprint density at radius 2 is 2.00 bits per heavy atom. The molecule has 1 rings (SSSR count). The number of carbonyl (C=O) groups excluding carboxylic acids is 1. The van der Waals surface area contributed by atoms with Gasteiger partial charge in [-0.2, -0.15) is 0 Å². The van der Waals surface area contributed by atoms with Crippen LogP contribution in [0.25, 0.3) is 0 Å². The normalized spacial score (nSPS) is 29.8. The van der Waals surface area contributed by atoms with Crippen molar-refractivity contribution in [1.82, 2.24) is 0 Å². The van der Waals surface area contributed by atoms with Crippen molar-refractivity contribution in [1.29, 1.82) is 0 Å². The maximum Gasteiger partial charge on any atom is 0.305 e. The van der Waals surface area contributed by atoms with Gasteiger partial charge in [-0.15, -0.1) is 0 Å². The second kappa shape index (κ2) is 4.85. The van der Waals surface area contributed by atoms with E-state index in [0.717, 1.165) is 12.8 Å². The van der Waals surface area contributed by atoms with Crippen LogP contribution in [0.4, 0.5) is 0 Å². The molecule has 0 aromatic heterocycles. The molecule has 0 spiro atoms. The van der Waals surface area contributed by atoms with E-state index in [9.17, 15) is 4.79 Å². The molecule has 1 aliphatic rings. The molecule has 0 amide bonds. The standard InChI is InChI=1S/C9H15BrO2/c1-12-9(11)6-7-2-4-8(10)5-3-7/h7-8H,2-6H2,1H3. The number of halogens is 1. The third-order valence-corrected chi connectivity index (χ3v) is 3.37. The van der Waals surface area contributed by atoms with Crippen LogP contribution in [-0.2, 0) is 9.53 Å². The molecule has 0 radical (unpaired) electrons. The molecule has 1 fully saturated rings. The third-order valence-electron chi connectivity index (χ3n) is 2.46. The first-order chi connectivity index (χ1) is 5.72. The molecule has 0 aliphatic heterocycles. The Labute approximate surface area is 81.8 Å². The highest BCUT2D eigenvalue weighted by atomic mass is 79.9. The van der Waals surface area contributed by atoms with E-state index < -0.39 is 0 Å². The predicted molar refractivity (Wildman–Crippen MR) is 51.3 cm³/mol. The van der Waals surface area contributed by atoms with Crippen LogP contribution < -0.4 is 0 Å². The van der Waals surface area contributed by atoms with Crippen LogP contribution in [0.1, 0.15) is 32.1 Å². The molecule has 0 N–H and O–H groups in total. The van der Waals surface area contributed by atoms with E-state index in [-0.39, 0.29) is 5.97 Å². The Balaban J connectivity index is 2.21. The summed E-state index contributed by atoms with van der Waals surface area (Å²) in [7, 11) is 1.46. The number of carbonyl (C=O) groups is 1. The van der Waals surface area contributed by atoms with Crippen LogP contribution in [0.15, 0.2) is 0 Å². The van der Waals surface area contributed by atoms with Gasteiger partial charge in [-0.05, 0) is 31.6 Å². The maximum absolute atomic E-state index is 10.9. The van der Waals surface area contributed by atoms with E-state index >= 15 is 0 Å². The highest BCUT2D eigenvalue weighted by Crippen LogP contribution is 2.30. The van der Waals surface area contributed by atoms with E-state index in [0.29, 0.717) is 17.2 Å². The van der Waals surface area contributed by atoms with Crippen molar-refractivity contribution in [2.24, 2.45) is 5.92 Å². The van der Waals surface area contributed by atoms with Crippen molar-refractivity contribution < 1.29 is 9.53 Å². The fourth-order valence-electron chi connectivity index (χ4n) is 1.64. The van der Waals surface area contributed by atoms with Crippen LogP contribution in [0.2, 0.25) is 0 Å². The molecule has 12 heavy (non-hydrogen) atoms. The van der Waals surface area contributed by atoms with Gasteiger partial charge in [-0.25, -0.2) is 0 Å². The lowest BCUT2D eigenvalue weighted by Crippen LogP contribution is -2.17. The molecule has 1 saturated carbocycles. The molecular formula is C9H15BrO2. The lowest BCUT2D eigenvalue weighted by Gasteiger charge is -2.23. The van der Waals surface area contributed by atoms with Gasteiger partial charge in [0.15, 0.2) is 0 Å². The summed E-state index contributed by atoms with van der Waals surface area (Å²) in [5.41, 5.74) is 0. The summed E-state index contributed by atoms with van der Waals surface area (Å²) in [5, 5.41) is 0. The van der Waals surface area contributed by atoms with E-state index in [1.54, 1.807) is 0 Å². The van der Waals surface area contributed by atoms with Gasteiger partial charge in [0.05, 0.1) is 7.11 Å². The average molecular weight is 235 g/mol. The molecule has 1 aliphatic carbocycles. The zero-order chi connectivity index (χ0) is 8.97. The molecule has 70 valence electrons. The molecule has 3 heteroatoms. The van der Waals surface area contributed by atoms with Gasteiger partial charge in [0, 0.05) is 11.2 Å². The molecule has 0 atom stereocenters. The van der Waals surface area contributed by atoms with Crippen LogP contribution in [-0.4, -0.2) is 17.9 Å². The Morgan fingerprint density at radius 1 is 1.42 bits per heavy atom. The Kier molecular flexibility index (Phi) is 4.06. The monoisotopic (exact) mass is 234 g/mol. The lowest BCUT2D eigenvalue weighted by molar-refractivity contribution is -0.141. The van der Waals surface area contributed by atoms with E-state index in [4.69, 9.17) is 0 Å². The highest BCUT2D eigenvalue weighted by molar-refractivity contribution is 9.09. The SMILES string of the molecule is COC(=O)CC1CCC(Br)CC1. The summed E-state index contributed by atoms with van der Waals surface area (Å²) in [4.78, 5) is 11.6.